The Morgan fingerprint density at radius 1 is 0.968 bits per heavy atom. The topological polar surface area (TPSA) is 70.8 Å². The van der Waals surface area contributed by atoms with E-state index in [4.69, 9.17) is 5.26 Å². The highest BCUT2D eigenvalue weighted by molar-refractivity contribution is 6.00. The average molecular weight is 420 g/mol. The van der Waals surface area contributed by atoms with Crippen LogP contribution in [-0.4, -0.2) is 16.3 Å². The van der Waals surface area contributed by atoms with Gasteiger partial charge in [-0.3, -0.25) is 4.98 Å². The predicted molar refractivity (Wildman–Crippen MR) is 110 cm³/mol. The normalized spacial score (nSPS) is 11.2. The maximum atomic E-state index is 12.3. The molecule has 0 bridgehead atoms. The molecule has 0 atom stereocenters. The Morgan fingerprint density at radius 3 is 2.45 bits per heavy atom. The van der Waals surface area contributed by atoms with Gasteiger partial charge in [0.25, 0.3) is 0 Å². The van der Waals surface area contributed by atoms with Gasteiger partial charge in [-0.05, 0) is 47.5 Å². The van der Waals surface area contributed by atoms with Crippen molar-refractivity contribution >= 4 is 16.6 Å². The lowest BCUT2D eigenvalue weighted by Crippen LogP contribution is -2.17. The second kappa shape index (κ2) is 8.32. The van der Waals surface area contributed by atoms with Crippen LogP contribution in [0.25, 0.3) is 22.0 Å². The SMILES string of the molecule is N#Cc1ccc(-c2ccnc3c(NCc4ccc(OC(F)(F)F)cc4)cccc23)cn1. The summed E-state index contributed by atoms with van der Waals surface area (Å²) in [6.45, 7) is 0.399. The molecule has 0 saturated carbocycles. The molecule has 0 aliphatic heterocycles. The molecule has 0 aliphatic rings. The number of ether oxygens (including phenoxy) is 1. The van der Waals surface area contributed by atoms with Gasteiger partial charge in [0.2, 0.25) is 0 Å². The van der Waals surface area contributed by atoms with Gasteiger partial charge in [-0.1, -0.05) is 24.3 Å². The van der Waals surface area contributed by atoms with E-state index in [2.05, 4.69) is 20.0 Å². The summed E-state index contributed by atoms with van der Waals surface area (Å²) in [6, 6.07) is 18.8. The van der Waals surface area contributed by atoms with Gasteiger partial charge < -0.3 is 10.1 Å². The first-order chi connectivity index (χ1) is 14.9. The number of fused-ring (bicyclic) bond motifs is 1. The fraction of sp³-hybridized carbons (Fsp3) is 0.0870. The largest absolute Gasteiger partial charge is 0.573 e. The molecule has 2 aromatic heterocycles. The van der Waals surface area contributed by atoms with E-state index in [0.717, 1.165) is 33.3 Å². The van der Waals surface area contributed by atoms with Crippen molar-refractivity contribution in [2.24, 2.45) is 0 Å². The minimum atomic E-state index is -4.71. The lowest BCUT2D eigenvalue weighted by atomic mass is 10.0. The summed E-state index contributed by atoms with van der Waals surface area (Å²) < 4.78 is 40.8. The van der Waals surface area contributed by atoms with Crippen LogP contribution < -0.4 is 10.1 Å². The number of nitrogens with one attached hydrogen (secondary N) is 1. The Morgan fingerprint density at radius 2 is 1.77 bits per heavy atom. The molecule has 0 saturated heterocycles. The fourth-order valence-electron chi connectivity index (χ4n) is 3.20. The number of hydrogen-bond acceptors (Lipinski definition) is 5. The van der Waals surface area contributed by atoms with Crippen LogP contribution in [0.5, 0.6) is 5.75 Å². The van der Waals surface area contributed by atoms with E-state index >= 15 is 0 Å². The molecule has 5 nitrogen and oxygen atoms in total. The molecule has 0 radical (unpaired) electrons. The summed E-state index contributed by atoms with van der Waals surface area (Å²) in [7, 11) is 0. The zero-order chi connectivity index (χ0) is 21.8. The molecule has 31 heavy (non-hydrogen) atoms. The maximum absolute atomic E-state index is 12.3. The first-order valence-corrected chi connectivity index (χ1v) is 9.26. The van der Waals surface area contributed by atoms with E-state index in [1.165, 1.54) is 12.1 Å². The second-order valence-electron chi connectivity index (χ2n) is 6.65. The molecule has 2 heterocycles. The minimum absolute atomic E-state index is 0.260. The first-order valence-electron chi connectivity index (χ1n) is 9.26. The zero-order valence-electron chi connectivity index (χ0n) is 16.0. The lowest BCUT2D eigenvalue weighted by molar-refractivity contribution is -0.274. The van der Waals surface area contributed by atoms with Gasteiger partial charge >= 0.3 is 6.36 Å². The first kappa shape index (κ1) is 20.2. The van der Waals surface area contributed by atoms with Crippen LogP contribution in [0.1, 0.15) is 11.3 Å². The van der Waals surface area contributed by atoms with Gasteiger partial charge in [-0.2, -0.15) is 5.26 Å². The maximum Gasteiger partial charge on any atom is 0.573 e. The quantitative estimate of drug-likeness (QED) is 0.450. The molecule has 0 unspecified atom stereocenters. The zero-order valence-corrected chi connectivity index (χ0v) is 16.0. The number of pyridine rings is 2. The van der Waals surface area contributed by atoms with Crippen LogP contribution in [0.2, 0.25) is 0 Å². The van der Waals surface area contributed by atoms with Crippen LogP contribution >= 0.6 is 0 Å². The number of anilines is 1. The van der Waals surface area contributed by atoms with E-state index in [0.29, 0.717) is 12.2 Å². The molecule has 4 rings (SSSR count). The standard InChI is InChI=1S/C23H15F3N4O/c24-23(25,26)31-18-8-4-15(5-9-18)13-30-21-3-1-2-20-19(10-11-28-22(20)21)16-6-7-17(12-27)29-14-16/h1-11,14,30H,13H2. The number of aromatic nitrogens is 2. The van der Waals surface area contributed by atoms with Gasteiger partial charge in [0.15, 0.2) is 0 Å². The molecular weight excluding hydrogens is 405 g/mol. The van der Waals surface area contributed by atoms with Crippen molar-refractivity contribution in [3.05, 3.63) is 84.3 Å². The van der Waals surface area contributed by atoms with Gasteiger partial charge in [-0.25, -0.2) is 4.98 Å². The Balaban J connectivity index is 1.57. The van der Waals surface area contributed by atoms with Crippen molar-refractivity contribution in [3.8, 4) is 22.9 Å². The summed E-state index contributed by atoms with van der Waals surface area (Å²) >= 11 is 0. The van der Waals surface area contributed by atoms with Crippen molar-refractivity contribution in [2.75, 3.05) is 5.32 Å². The summed E-state index contributed by atoms with van der Waals surface area (Å²) in [4.78, 5) is 8.62. The van der Waals surface area contributed by atoms with E-state index < -0.39 is 6.36 Å². The van der Waals surface area contributed by atoms with Gasteiger partial charge in [0.1, 0.15) is 17.5 Å². The summed E-state index contributed by atoms with van der Waals surface area (Å²) in [6.07, 6.45) is -1.36. The summed E-state index contributed by atoms with van der Waals surface area (Å²) in [5, 5.41) is 13.1. The van der Waals surface area contributed by atoms with Crippen LogP contribution in [0, 0.1) is 11.3 Å². The molecule has 0 spiro atoms. The van der Waals surface area contributed by atoms with Crippen molar-refractivity contribution in [2.45, 2.75) is 12.9 Å². The van der Waals surface area contributed by atoms with E-state index in [-0.39, 0.29) is 5.75 Å². The highest BCUT2D eigenvalue weighted by Crippen LogP contribution is 2.31. The number of hydrogen-bond donors (Lipinski definition) is 1. The van der Waals surface area contributed by atoms with Crippen LogP contribution in [0.15, 0.2) is 73.1 Å². The number of benzene rings is 2. The van der Waals surface area contributed by atoms with Crippen LogP contribution in [-0.2, 0) is 6.54 Å². The molecular formula is C23H15F3N4O. The molecule has 2 aromatic carbocycles. The Bertz CT molecular complexity index is 1250. The number of nitrogens with zero attached hydrogens (tertiary/aromatic N) is 3. The molecule has 1 N–H and O–H groups in total. The van der Waals surface area contributed by atoms with E-state index in [9.17, 15) is 13.2 Å². The fourth-order valence-corrected chi connectivity index (χ4v) is 3.20. The molecule has 0 aliphatic carbocycles. The highest BCUT2D eigenvalue weighted by Gasteiger charge is 2.30. The second-order valence-corrected chi connectivity index (χ2v) is 6.65. The number of nitriles is 1. The number of para-hydroxylation sites is 1. The summed E-state index contributed by atoms with van der Waals surface area (Å²) in [5.74, 6) is -0.260. The highest BCUT2D eigenvalue weighted by atomic mass is 19.4. The summed E-state index contributed by atoms with van der Waals surface area (Å²) in [5.41, 5.74) is 4.47. The van der Waals surface area contributed by atoms with Crippen molar-refractivity contribution in [1.82, 2.24) is 9.97 Å². The monoisotopic (exact) mass is 420 g/mol. The van der Waals surface area contributed by atoms with E-state index in [1.807, 2.05) is 36.4 Å². The molecule has 154 valence electrons. The molecule has 4 aromatic rings. The van der Waals surface area contributed by atoms with Gasteiger partial charge in [0.05, 0.1) is 11.2 Å². The third-order valence-electron chi connectivity index (χ3n) is 4.60. The molecule has 8 heteroatoms. The van der Waals surface area contributed by atoms with Gasteiger partial charge in [0, 0.05) is 29.9 Å². The van der Waals surface area contributed by atoms with Crippen molar-refractivity contribution in [3.63, 3.8) is 0 Å². The Kier molecular flexibility index (Phi) is 5.41. The Hall–Kier alpha value is -4.12. The number of rotatable bonds is 5. The van der Waals surface area contributed by atoms with E-state index in [1.54, 1.807) is 30.6 Å². The minimum Gasteiger partial charge on any atom is -0.406 e. The lowest BCUT2D eigenvalue weighted by Gasteiger charge is -2.13. The van der Waals surface area contributed by atoms with Gasteiger partial charge in [-0.15, -0.1) is 13.2 Å². The van der Waals surface area contributed by atoms with Crippen molar-refractivity contribution in [1.29, 1.82) is 5.26 Å². The smallest absolute Gasteiger partial charge is 0.406 e. The van der Waals surface area contributed by atoms with Crippen molar-refractivity contribution < 1.29 is 17.9 Å². The molecule has 0 fully saturated rings. The Labute approximate surface area is 175 Å². The molecule has 0 amide bonds. The third kappa shape index (κ3) is 4.73. The number of halogens is 3. The third-order valence-corrected chi connectivity index (χ3v) is 4.60. The van der Waals surface area contributed by atoms with Crippen LogP contribution in [0.3, 0.4) is 0 Å². The average Bonchev–Trinajstić information content (AvgIpc) is 2.77. The number of alkyl halides is 3. The predicted octanol–water partition coefficient (Wildman–Crippen LogP) is 5.68. The van der Waals surface area contributed by atoms with Crippen LogP contribution in [0.4, 0.5) is 18.9 Å².